The first kappa shape index (κ1) is 13.9. The Morgan fingerprint density at radius 2 is 1.74 bits per heavy atom. The molecule has 0 unspecified atom stereocenters. The molecule has 0 aliphatic carbocycles. The predicted molar refractivity (Wildman–Crippen MR) is 83.2 cm³/mol. The van der Waals surface area contributed by atoms with E-state index in [1.54, 1.807) is 17.4 Å². The van der Waals surface area contributed by atoms with Crippen LogP contribution in [0.5, 0.6) is 5.75 Å². The Bertz CT molecular complexity index is 682. The van der Waals surface area contributed by atoms with Crippen LogP contribution in [0.1, 0.15) is 17.2 Å². The standard InChI is InChI=1S/C15H13NOS.ClH/c16-15(10-7-8-18-9-10)13-5-6-14(17)12-4-2-1-3-11(12)13;/h1-9,15,17H,16H2;1H/t15-;/m1./s1. The van der Waals surface area contributed by atoms with Crippen molar-refractivity contribution in [2.75, 3.05) is 0 Å². The molecule has 0 bridgehead atoms. The van der Waals surface area contributed by atoms with Gasteiger partial charge in [0.15, 0.2) is 0 Å². The van der Waals surface area contributed by atoms with Crippen molar-refractivity contribution in [2.24, 2.45) is 5.73 Å². The lowest BCUT2D eigenvalue weighted by atomic mass is 9.95. The van der Waals surface area contributed by atoms with Crippen molar-refractivity contribution in [3.05, 3.63) is 64.4 Å². The van der Waals surface area contributed by atoms with Crippen molar-refractivity contribution in [3.63, 3.8) is 0 Å². The topological polar surface area (TPSA) is 46.2 Å². The molecule has 0 aliphatic heterocycles. The van der Waals surface area contributed by atoms with Crippen LogP contribution < -0.4 is 5.73 Å². The normalized spacial score (nSPS) is 12.1. The van der Waals surface area contributed by atoms with Gasteiger partial charge in [0.1, 0.15) is 5.75 Å². The summed E-state index contributed by atoms with van der Waals surface area (Å²) in [6.07, 6.45) is 0. The molecule has 0 saturated carbocycles. The third kappa shape index (κ3) is 2.45. The van der Waals surface area contributed by atoms with Crippen LogP contribution in [0.2, 0.25) is 0 Å². The van der Waals surface area contributed by atoms with Crippen LogP contribution in [0.3, 0.4) is 0 Å². The summed E-state index contributed by atoms with van der Waals surface area (Å²) >= 11 is 1.64. The quantitative estimate of drug-likeness (QED) is 0.747. The van der Waals surface area contributed by atoms with E-state index in [1.165, 1.54) is 0 Å². The second-order valence-corrected chi connectivity index (χ2v) is 5.03. The van der Waals surface area contributed by atoms with E-state index in [9.17, 15) is 5.11 Å². The molecule has 0 spiro atoms. The molecule has 4 heteroatoms. The third-order valence-corrected chi connectivity index (χ3v) is 3.87. The molecule has 1 aromatic heterocycles. The number of fused-ring (bicyclic) bond motifs is 1. The van der Waals surface area contributed by atoms with E-state index >= 15 is 0 Å². The summed E-state index contributed by atoms with van der Waals surface area (Å²) in [4.78, 5) is 0. The summed E-state index contributed by atoms with van der Waals surface area (Å²) in [5.41, 5.74) is 8.45. The van der Waals surface area contributed by atoms with Gasteiger partial charge in [0, 0.05) is 5.39 Å². The highest BCUT2D eigenvalue weighted by Gasteiger charge is 2.13. The van der Waals surface area contributed by atoms with Gasteiger partial charge in [-0.25, -0.2) is 0 Å². The molecular weight excluding hydrogens is 278 g/mol. The SMILES string of the molecule is Cl.N[C@H](c1ccsc1)c1ccc(O)c2ccccc12. The van der Waals surface area contributed by atoms with Gasteiger partial charge < -0.3 is 10.8 Å². The van der Waals surface area contributed by atoms with Crippen LogP contribution in [0, 0.1) is 0 Å². The van der Waals surface area contributed by atoms with Crippen LogP contribution in [0.15, 0.2) is 53.2 Å². The third-order valence-electron chi connectivity index (χ3n) is 3.17. The van der Waals surface area contributed by atoms with E-state index in [0.29, 0.717) is 5.75 Å². The first-order valence-electron chi connectivity index (χ1n) is 5.75. The number of nitrogens with two attached hydrogens (primary N) is 1. The Morgan fingerprint density at radius 1 is 1.00 bits per heavy atom. The molecule has 2 nitrogen and oxygen atoms in total. The zero-order valence-corrected chi connectivity index (χ0v) is 11.7. The molecule has 0 saturated heterocycles. The number of aromatic hydroxyl groups is 1. The average Bonchev–Trinajstić information content (AvgIpc) is 2.93. The minimum Gasteiger partial charge on any atom is -0.507 e. The fourth-order valence-electron chi connectivity index (χ4n) is 2.21. The van der Waals surface area contributed by atoms with Gasteiger partial charge in [-0.2, -0.15) is 11.3 Å². The van der Waals surface area contributed by atoms with Gasteiger partial charge in [0.05, 0.1) is 6.04 Å². The van der Waals surface area contributed by atoms with Gasteiger partial charge >= 0.3 is 0 Å². The van der Waals surface area contributed by atoms with E-state index in [-0.39, 0.29) is 18.4 Å². The van der Waals surface area contributed by atoms with Crippen LogP contribution >= 0.6 is 23.7 Å². The average molecular weight is 292 g/mol. The van der Waals surface area contributed by atoms with E-state index in [2.05, 4.69) is 5.38 Å². The molecule has 0 aliphatic rings. The number of rotatable bonds is 2. The van der Waals surface area contributed by atoms with Gasteiger partial charge in [-0.3, -0.25) is 0 Å². The molecule has 0 fully saturated rings. The zero-order valence-electron chi connectivity index (χ0n) is 10.1. The highest BCUT2D eigenvalue weighted by atomic mass is 35.5. The number of benzene rings is 2. The Labute approximate surface area is 121 Å². The van der Waals surface area contributed by atoms with Crippen molar-refractivity contribution < 1.29 is 5.11 Å². The maximum Gasteiger partial charge on any atom is 0.123 e. The monoisotopic (exact) mass is 291 g/mol. The minimum atomic E-state index is -0.151. The predicted octanol–water partition coefficient (Wildman–Crippen LogP) is 4.08. The van der Waals surface area contributed by atoms with Crippen LogP contribution in [-0.4, -0.2) is 5.11 Å². The number of hydrogen-bond donors (Lipinski definition) is 2. The largest absolute Gasteiger partial charge is 0.507 e. The number of halogens is 1. The molecule has 19 heavy (non-hydrogen) atoms. The Kier molecular flexibility index (Phi) is 4.10. The molecular formula is C15H14ClNOS. The lowest BCUT2D eigenvalue weighted by Crippen LogP contribution is -2.11. The maximum atomic E-state index is 9.87. The van der Waals surface area contributed by atoms with E-state index in [4.69, 9.17) is 5.73 Å². The summed E-state index contributed by atoms with van der Waals surface area (Å²) in [5, 5.41) is 15.8. The number of phenolic OH excluding ortho intramolecular Hbond substituents is 1. The Balaban J connectivity index is 0.00000133. The second kappa shape index (κ2) is 5.61. The lowest BCUT2D eigenvalue weighted by molar-refractivity contribution is 0.481. The van der Waals surface area contributed by atoms with Gasteiger partial charge in [-0.15, -0.1) is 12.4 Å². The summed E-state index contributed by atoms with van der Waals surface area (Å²) in [7, 11) is 0. The van der Waals surface area contributed by atoms with Gasteiger partial charge in [-0.05, 0) is 39.4 Å². The molecule has 2 aromatic carbocycles. The molecule has 3 rings (SSSR count). The fourth-order valence-corrected chi connectivity index (χ4v) is 2.91. The van der Waals surface area contributed by atoms with Crippen molar-refractivity contribution in [3.8, 4) is 5.75 Å². The van der Waals surface area contributed by atoms with E-state index in [0.717, 1.165) is 21.9 Å². The Morgan fingerprint density at radius 3 is 2.42 bits per heavy atom. The van der Waals surface area contributed by atoms with Gasteiger partial charge in [-0.1, -0.05) is 30.3 Å². The van der Waals surface area contributed by atoms with Crippen molar-refractivity contribution in [1.29, 1.82) is 0 Å². The number of hydrogen-bond acceptors (Lipinski definition) is 3. The molecule has 1 heterocycles. The molecule has 98 valence electrons. The van der Waals surface area contributed by atoms with Crippen molar-refractivity contribution >= 4 is 34.5 Å². The first-order valence-corrected chi connectivity index (χ1v) is 6.70. The van der Waals surface area contributed by atoms with Crippen molar-refractivity contribution in [2.45, 2.75) is 6.04 Å². The smallest absolute Gasteiger partial charge is 0.123 e. The number of thiophene rings is 1. The molecule has 0 amide bonds. The van der Waals surface area contributed by atoms with Gasteiger partial charge in [0.25, 0.3) is 0 Å². The molecule has 3 N–H and O–H groups in total. The van der Waals surface area contributed by atoms with Crippen LogP contribution in [-0.2, 0) is 0 Å². The summed E-state index contributed by atoms with van der Waals surface area (Å²) in [6.45, 7) is 0. The number of phenols is 1. The highest BCUT2D eigenvalue weighted by Crippen LogP contribution is 2.32. The summed E-state index contributed by atoms with van der Waals surface area (Å²) in [5.74, 6) is 0.298. The lowest BCUT2D eigenvalue weighted by Gasteiger charge is -2.14. The molecule has 1 atom stereocenters. The van der Waals surface area contributed by atoms with Crippen LogP contribution in [0.25, 0.3) is 10.8 Å². The van der Waals surface area contributed by atoms with Crippen LogP contribution in [0.4, 0.5) is 0 Å². The van der Waals surface area contributed by atoms with Gasteiger partial charge in [0.2, 0.25) is 0 Å². The molecule has 3 aromatic rings. The Hall–Kier alpha value is -1.55. The second-order valence-electron chi connectivity index (χ2n) is 4.25. The summed E-state index contributed by atoms with van der Waals surface area (Å²) in [6, 6.07) is 13.3. The summed E-state index contributed by atoms with van der Waals surface area (Å²) < 4.78 is 0. The van der Waals surface area contributed by atoms with E-state index < -0.39 is 0 Å². The zero-order chi connectivity index (χ0) is 12.5. The van der Waals surface area contributed by atoms with E-state index in [1.807, 2.05) is 41.8 Å². The molecule has 0 radical (unpaired) electrons. The fraction of sp³-hybridized carbons (Fsp3) is 0.0667. The minimum absolute atomic E-state index is 0. The highest BCUT2D eigenvalue weighted by molar-refractivity contribution is 7.08. The first-order chi connectivity index (χ1) is 8.77. The maximum absolute atomic E-state index is 9.87. The van der Waals surface area contributed by atoms with Crippen molar-refractivity contribution in [1.82, 2.24) is 0 Å².